The largest absolute Gasteiger partial charge is 0.383 e. The maximum atomic E-state index is 11.7. The van der Waals surface area contributed by atoms with Crippen LogP contribution in [0.2, 0.25) is 0 Å². The summed E-state index contributed by atoms with van der Waals surface area (Å²) < 4.78 is 5.07. The van der Waals surface area contributed by atoms with E-state index < -0.39 is 0 Å². The van der Waals surface area contributed by atoms with Crippen LogP contribution in [-0.2, 0) is 9.53 Å². The van der Waals surface area contributed by atoms with E-state index in [4.69, 9.17) is 4.74 Å². The molecule has 16 heavy (non-hydrogen) atoms. The zero-order valence-electron chi connectivity index (χ0n) is 10.5. The van der Waals surface area contributed by atoms with Gasteiger partial charge in [-0.05, 0) is 14.0 Å². The van der Waals surface area contributed by atoms with Crippen molar-refractivity contribution in [2.75, 3.05) is 53.5 Å². The van der Waals surface area contributed by atoms with Crippen molar-refractivity contribution in [2.45, 2.75) is 13.0 Å². The molecular weight excluding hydrogens is 206 g/mol. The summed E-state index contributed by atoms with van der Waals surface area (Å²) in [5.74, 6) is 0.195. The molecule has 5 nitrogen and oxygen atoms in total. The van der Waals surface area contributed by atoms with Crippen LogP contribution in [0, 0.1) is 0 Å². The zero-order valence-corrected chi connectivity index (χ0v) is 10.5. The van der Waals surface area contributed by atoms with Crippen molar-refractivity contribution in [2.24, 2.45) is 0 Å². The van der Waals surface area contributed by atoms with Gasteiger partial charge in [0.15, 0.2) is 0 Å². The van der Waals surface area contributed by atoms with Crippen molar-refractivity contribution in [3.63, 3.8) is 0 Å². The molecule has 1 aliphatic rings. The van der Waals surface area contributed by atoms with Crippen LogP contribution in [0.25, 0.3) is 0 Å². The third kappa shape index (κ3) is 3.73. The average molecular weight is 229 g/mol. The highest BCUT2D eigenvalue weighted by Gasteiger charge is 2.25. The van der Waals surface area contributed by atoms with Gasteiger partial charge in [0, 0.05) is 39.3 Å². The van der Waals surface area contributed by atoms with E-state index in [9.17, 15) is 4.79 Å². The van der Waals surface area contributed by atoms with Gasteiger partial charge >= 0.3 is 0 Å². The monoisotopic (exact) mass is 229 g/mol. The average Bonchev–Trinajstić information content (AvgIpc) is 2.27. The van der Waals surface area contributed by atoms with Gasteiger partial charge in [-0.15, -0.1) is 0 Å². The lowest BCUT2D eigenvalue weighted by molar-refractivity contribution is -0.133. The third-order valence-corrected chi connectivity index (χ3v) is 3.03. The van der Waals surface area contributed by atoms with Gasteiger partial charge in [0.05, 0.1) is 13.2 Å². The SMILES string of the molecule is CNCC(=O)N1CCN(CCOC)C(C)C1. The molecule has 1 fully saturated rings. The van der Waals surface area contributed by atoms with Crippen LogP contribution < -0.4 is 5.32 Å². The summed E-state index contributed by atoms with van der Waals surface area (Å²) in [5, 5.41) is 2.90. The Morgan fingerprint density at radius 3 is 2.81 bits per heavy atom. The van der Waals surface area contributed by atoms with Gasteiger partial charge in [-0.25, -0.2) is 0 Å². The lowest BCUT2D eigenvalue weighted by Gasteiger charge is -2.39. The van der Waals surface area contributed by atoms with E-state index in [1.807, 2.05) is 4.90 Å². The Hall–Kier alpha value is -0.650. The van der Waals surface area contributed by atoms with Crippen molar-refractivity contribution >= 4 is 5.91 Å². The highest BCUT2D eigenvalue weighted by atomic mass is 16.5. The van der Waals surface area contributed by atoms with Crippen molar-refractivity contribution in [1.82, 2.24) is 15.1 Å². The standard InChI is InChI=1S/C11H23N3O2/c1-10-9-14(11(15)8-12-2)5-4-13(10)6-7-16-3/h10,12H,4-9H2,1-3H3. The van der Waals surface area contributed by atoms with Gasteiger partial charge in [-0.2, -0.15) is 0 Å². The first kappa shape index (κ1) is 13.4. The summed E-state index contributed by atoms with van der Waals surface area (Å²) in [7, 11) is 3.52. The maximum Gasteiger partial charge on any atom is 0.236 e. The van der Waals surface area contributed by atoms with Crippen LogP contribution in [0.4, 0.5) is 0 Å². The van der Waals surface area contributed by atoms with Crippen molar-refractivity contribution in [1.29, 1.82) is 0 Å². The molecule has 1 aliphatic heterocycles. The molecule has 1 unspecified atom stereocenters. The van der Waals surface area contributed by atoms with Crippen molar-refractivity contribution < 1.29 is 9.53 Å². The first-order valence-electron chi connectivity index (χ1n) is 5.84. The first-order chi connectivity index (χ1) is 7.69. The van der Waals surface area contributed by atoms with E-state index in [1.165, 1.54) is 0 Å². The molecule has 5 heteroatoms. The van der Waals surface area contributed by atoms with Crippen molar-refractivity contribution in [3.8, 4) is 0 Å². The number of nitrogens with one attached hydrogen (secondary N) is 1. The minimum absolute atomic E-state index is 0.195. The van der Waals surface area contributed by atoms with Gasteiger partial charge in [-0.1, -0.05) is 0 Å². The number of piperazine rings is 1. The summed E-state index contributed by atoms with van der Waals surface area (Å²) >= 11 is 0. The van der Waals surface area contributed by atoms with Crippen LogP contribution >= 0.6 is 0 Å². The zero-order chi connectivity index (χ0) is 12.0. The van der Waals surface area contributed by atoms with E-state index in [0.717, 1.165) is 32.8 Å². The normalized spacial score (nSPS) is 22.4. The highest BCUT2D eigenvalue weighted by Crippen LogP contribution is 2.08. The van der Waals surface area contributed by atoms with Crippen LogP contribution in [0.3, 0.4) is 0 Å². The summed E-state index contributed by atoms with van der Waals surface area (Å²) in [6.07, 6.45) is 0. The molecular formula is C11H23N3O2. The Labute approximate surface area is 97.7 Å². The third-order valence-electron chi connectivity index (χ3n) is 3.03. The number of rotatable bonds is 5. The molecule has 0 saturated carbocycles. The first-order valence-corrected chi connectivity index (χ1v) is 5.84. The summed E-state index contributed by atoms with van der Waals surface area (Å²) in [5.41, 5.74) is 0. The molecule has 0 aromatic rings. The Balaban J connectivity index is 2.35. The number of hydrogen-bond donors (Lipinski definition) is 1. The van der Waals surface area contributed by atoms with Crippen molar-refractivity contribution in [3.05, 3.63) is 0 Å². The molecule has 1 saturated heterocycles. The second kappa shape index (κ2) is 6.83. The van der Waals surface area contributed by atoms with Gasteiger partial charge in [0.2, 0.25) is 5.91 Å². The number of nitrogens with zero attached hydrogens (tertiary/aromatic N) is 2. The predicted molar refractivity (Wildman–Crippen MR) is 63.4 cm³/mol. The smallest absolute Gasteiger partial charge is 0.236 e. The summed E-state index contributed by atoms with van der Waals surface area (Å²) in [6, 6.07) is 0.421. The molecule has 1 heterocycles. The van der Waals surface area contributed by atoms with Gasteiger partial charge < -0.3 is 15.0 Å². The molecule has 1 rings (SSSR count). The Kier molecular flexibility index (Phi) is 5.73. The summed E-state index contributed by atoms with van der Waals surface area (Å²) in [4.78, 5) is 16.0. The van der Waals surface area contributed by atoms with E-state index in [2.05, 4.69) is 17.1 Å². The van der Waals surface area contributed by atoms with Crippen LogP contribution in [0.15, 0.2) is 0 Å². The molecule has 1 N–H and O–H groups in total. The fourth-order valence-corrected chi connectivity index (χ4v) is 2.03. The second-order valence-corrected chi connectivity index (χ2v) is 4.25. The fraction of sp³-hybridized carbons (Fsp3) is 0.909. The number of amides is 1. The van der Waals surface area contributed by atoms with E-state index >= 15 is 0 Å². The molecule has 94 valence electrons. The van der Waals surface area contributed by atoms with E-state index in [1.54, 1.807) is 14.2 Å². The van der Waals surface area contributed by atoms with Gasteiger partial charge in [0.25, 0.3) is 0 Å². The molecule has 1 atom stereocenters. The Morgan fingerprint density at radius 2 is 2.25 bits per heavy atom. The number of carbonyl (C=O) groups excluding carboxylic acids is 1. The molecule has 0 spiro atoms. The number of ether oxygens (including phenoxy) is 1. The predicted octanol–water partition coefficient (Wildman–Crippen LogP) is -0.615. The Morgan fingerprint density at radius 1 is 1.50 bits per heavy atom. The van der Waals surface area contributed by atoms with Crippen LogP contribution in [0.5, 0.6) is 0 Å². The molecule has 0 aromatic carbocycles. The minimum Gasteiger partial charge on any atom is -0.383 e. The molecule has 0 bridgehead atoms. The van der Waals surface area contributed by atoms with Gasteiger partial charge in [-0.3, -0.25) is 9.69 Å². The van der Waals surface area contributed by atoms with E-state index in [0.29, 0.717) is 12.6 Å². The number of carbonyl (C=O) groups is 1. The lowest BCUT2D eigenvalue weighted by atomic mass is 10.2. The maximum absolute atomic E-state index is 11.7. The fourth-order valence-electron chi connectivity index (χ4n) is 2.03. The van der Waals surface area contributed by atoms with Gasteiger partial charge in [0.1, 0.15) is 0 Å². The summed E-state index contributed by atoms with van der Waals surface area (Å²) in [6.45, 7) is 6.90. The molecule has 1 amide bonds. The number of likely N-dealkylation sites (N-methyl/N-ethyl adjacent to an activating group) is 1. The number of methoxy groups -OCH3 is 1. The van der Waals surface area contributed by atoms with Crippen LogP contribution in [-0.4, -0.2) is 75.2 Å². The number of hydrogen-bond acceptors (Lipinski definition) is 4. The van der Waals surface area contributed by atoms with E-state index in [-0.39, 0.29) is 5.91 Å². The topological polar surface area (TPSA) is 44.8 Å². The quantitative estimate of drug-likeness (QED) is 0.683. The molecule has 0 aliphatic carbocycles. The lowest BCUT2D eigenvalue weighted by Crippen LogP contribution is -2.55. The molecule has 0 aromatic heterocycles. The molecule has 0 radical (unpaired) electrons. The Bertz CT molecular complexity index is 223. The highest BCUT2D eigenvalue weighted by molar-refractivity contribution is 5.78. The van der Waals surface area contributed by atoms with Crippen LogP contribution in [0.1, 0.15) is 6.92 Å². The minimum atomic E-state index is 0.195. The second-order valence-electron chi connectivity index (χ2n) is 4.25.